The molecule has 21 heavy (non-hydrogen) atoms. The van der Waals surface area contributed by atoms with Gasteiger partial charge in [-0.2, -0.15) is 4.31 Å². The van der Waals surface area contributed by atoms with Gasteiger partial charge in [0.15, 0.2) is 11.4 Å². The van der Waals surface area contributed by atoms with Gasteiger partial charge in [0.1, 0.15) is 11.6 Å². The standard InChI is InChI=1S/C12H15F2N3O3S/c13-9-2-1-3-10(14)12(9)21(19,20)17-6-4-16(5-7-17)8-11(15)18/h1-3H,4-8H2,(H2,15,18)/p+1. The van der Waals surface area contributed by atoms with E-state index in [9.17, 15) is 22.0 Å². The molecule has 1 saturated heterocycles. The first kappa shape index (κ1) is 15.8. The van der Waals surface area contributed by atoms with Crippen LogP contribution in [0.1, 0.15) is 0 Å². The summed E-state index contributed by atoms with van der Waals surface area (Å²) in [4.78, 5) is 10.7. The molecule has 0 bridgehead atoms. The summed E-state index contributed by atoms with van der Waals surface area (Å²) in [6, 6.07) is 2.92. The summed E-state index contributed by atoms with van der Waals surface area (Å²) in [7, 11) is -4.22. The van der Waals surface area contributed by atoms with Crippen LogP contribution < -0.4 is 10.6 Å². The molecule has 1 heterocycles. The lowest BCUT2D eigenvalue weighted by Crippen LogP contribution is -3.15. The Morgan fingerprint density at radius 1 is 1.24 bits per heavy atom. The van der Waals surface area contributed by atoms with Gasteiger partial charge >= 0.3 is 0 Å². The summed E-state index contributed by atoms with van der Waals surface area (Å²) >= 11 is 0. The molecule has 0 aliphatic carbocycles. The Bertz CT molecular complexity index is 623. The van der Waals surface area contributed by atoms with Crippen molar-refractivity contribution in [1.29, 1.82) is 0 Å². The van der Waals surface area contributed by atoms with E-state index in [-0.39, 0.29) is 19.6 Å². The molecule has 2 rings (SSSR count). The zero-order valence-electron chi connectivity index (χ0n) is 11.2. The first-order valence-corrected chi connectivity index (χ1v) is 7.82. The molecule has 116 valence electrons. The van der Waals surface area contributed by atoms with Crippen LogP contribution in [-0.2, 0) is 14.8 Å². The van der Waals surface area contributed by atoms with Crippen molar-refractivity contribution in [3.63, 3.8) is 0 Å². The molecule has 9 heteroatoms. The molecule has 1 amide bonds. The Hall–Kier alpha value is -1.58. The van der Waals surface area contributed by atoms with E-state index >= 15 is 0 Å². The van der Waals surface area contributed by atoms with E-state index in [0.29, 0.717) is 13.1 Å². The third kappa shape index (κ3) is 3.36. The molecular weight excluding hydrogens is 304 g/mol. The van der Waals surface area contributed by atoms with E-state index in [0.717, 1.165) is 27.4 Å². The van der Waals surface area contributed by atoms with Crippen LogP contribution in [0.5, 0.6) is 0 Å². The van der Waals surface area contributed by atoms with Crippen LogP contribution in [-0.4, -0.2) is 51.4 Å². The van der Waals surface area contributed by atoms with Crippen molar-refractivity contribution in [3.8, 4) is 0 Å². The van der Waals surface area contributed by atoms with Crippen molar-refractivity contribution in [3.05, 3.63) is 29.8 Å². The predicted octanol–water partition coefficient (Wildman–Crippen LogP) is -1.66. The molecule has 1 aromatic carbocycles. The van der Waals surface area contributed by atoms with Crippen LogP contribution in [0.15, 0.2) is 23.1 Å². The van der Waals surface area contributed by atoms with E-state index in [2.05, 4.69) is 0 Å². The summed E-state index contributed by atoms with van der Waals surface area (Å²) in [6.07, 6.45) is 0. The number of halogens is 2. The highest BCUT2D eigenvalue weighted by molar-refractivity contribution is 7.89. The van der Waals surface area contributed by atoms with E-state index in [4.69, 9.17) is 5.73 Å². The number of nitrogens with two attached hydrogens (primary N) is 1. The van der Waals surface area contributed by atoms with Crippen LogP contribution in [0.4, 0.5) is 8.78 Å². The molecule has 0 spiro atoms. The van der Waals surface area contributed by atoms with Gasteiger partial charge < -0.3 is 10.6 Å². The number of piperazine rings is 1. The van der Waals surface area contributed by atoms with Crippen LogP contribution >= 0.6 is 0 Å². The van der Waals surface area contributed by atoms with Gasteiger partial charge in [-0.15, -0.1) is 0 Å². The summed E-state index contributed by atoms with van der Waals surface area (Å²) in [5, 5.41) is 0. The summed E-state index contributed by atoms with van der Waals surface area (Å²) in [6.45, 7) is 0.996. The average molecular weight is 320 g/mol. The molecule has 1 aliphatic rings. The quantitative estimate of drug-likeness (QED) is 0.696. The molecule has 1 fully saturated rings. The highest BCUT2D eigenvalue weighted by Crippen LogP contribution is 2.22. The van der Waals surface area contributed by atoms with E-state index in [1.807, 2.05) is 0 Å². The summed E-state index contributed by atoms with van der Waals surface area (Å²) < 4.78 is 52.9. The number of carbonyl (C=O) groups excluding carboxylic acids is 1. The third-order valence-corrected chi connectivity index (χ3v) is 5.32. The maximum absolute atomic E-state index is 13.6. The van der Waals surface area contributed by atoms with Crippen LogP contribution in [0, 0.1) is 11.6 Å². The average Bonchev–Trinajstić information content (AvgIpc) is 2.38. The minimum absolute atomic E-state index is 0.0821. The van der Waals surface area contributed by atoms with Crippen molar-refractivity contribution < 1.29 is 26.9 Å². The van der Waals surface area contributed by atoms with Gasteiger partial charge in [-0.3, -0.25) is 4.79 Å². The Morgan fingerprint density at radius 3 is 2.24 bits per heavy atom. The number of quaternary nitrogens is 1. The molecule has 1 aliphatic heterocycles. The van der Waals surface area contributed by atoms with Gasteiger partial charge in [-0.1, -0.05) is 6.07 Å². The van der Waals surface area contributed by atoms with E-state index < -0.39 is 32.5 Å². The molecule has 3 N–H and O–H groups in total. The largest absolute Gasteiger partial charge is 0.365 e. The molecule has 0 unspecified atom stereocenters. The lowest BCUT2D eigenvalue weighted by Gasteiger charge is -2.30. The first-order valence-electron chi connectivity index (χ1n) is 6.38. The molecule has 0 atom stereocenters. The van der Waals surface area contributed by atoms with Gasteiger partial charge in [0, 0.05) is 0 Å². The molecular formula is C12H16F2N3O3S+. The number of nitrogens with zero attached hydrogens (tertiary/aromatic N) is 1. The number of amides is 1. The Labute approximate surface area is 121 Å². The fourth-order valence-electron chi connectivity index (χ4n) is 2.32. The highest BCUT2D eigenvalue weighted by Gasteiger charge is 2.34. The molecule has 0 radical (unpaired) electrons. The number of hydrogen-bond donors (Lipinski definition) is 2. The number of hydrogen-bond acceptors (Lipinski definition) is 3. The lowest BCUT2D eigenvalue weighted by molar-refractivity contribution is -0.895. The van der Waals surface area contributed by atoms with Gasteiger partial charge in [-0.05, 0) is 12.1 Å². The Morgan fingerprint density at radius 2 is 1.76 bits per heavy atom. The maximum atomic E-state index is 13.6. The number of sulfonamides is 1. The smallest absolute Gasteiger partial charge is 0.272 e. The second-order valence-electron chi connectivity index (χ2n) is 4.85. The van der Waals surface area contributed by atoms with Crippen molar-refractivity contribution >= 4 is 15.9 Å². The predicted molar refractivity (Wildman–Crippen MR) is 69.9 cm³/mol. The molecule has 0 aromatic heterocycles. The molecule has 1 aromatic rings. The Kier molecular flexibility index (Phi) is 4.55. The number of primary amides is 1. The van der Waals surface area contributed by atoms with E-state index in [1.54, 1.807) is 0 Å². The first-order chi connectivity index (χ1) is 9.82. The van der Waals surface area contributed by atoms with Crippen LogP contribution in [0.3, 0.4) is 0 Å². The molecule has 0 saturated carbocycles. The summed E-state index contributed by atoms with van der Waals surface area (Å²) in [5.74, 6) is -2.69. The van der Waals surface area contributed by atoms with Crippen LogP contribution in [0.25, 0.3) is 0 Å². The number of nitrogens with one attached hydrogen (secondary N) is 1. The van der Waals surface area contributed by atoms with Crippen molar-refractivity contribution in [2.75, 3.05) is 32.7 Å². The highest BCUT2D eigenvalue weighted by atomic mass is 32.2. The van der Waals surface area contributed by atoms with Gasteiger partial charge in [0.25, 0.3) is 5.91 Å². The zero-order valence-corrected chi connectivity index (χ0v) is 12.0. The van der Waals surface area contributed by atoms with Crippen molar-refractivity contribution in [2.24, 2.45) is 5.73 Å². The van der Waals surface area contributed by atoms with Crippen molar-refractivity contribution in [1.82, 2.24) is 4.31 Å². The monoisotopic (exact) mass is 320 g/mol. The minimum Gasteiger partial charge on any atom is -0.365 e. The topological polar surface area (TPSA) is 84.9 Å². The van der Waals surface area contributed by atoms with Crippen LogP contribution in [0.2, 0.25) is 0 Å². The number of carbonyl (C=O) groups is 1. The van der Waals surface area contributed by atoms with Gasteiger partial charge in [0.2, 0.25) is 10.0 Å². The fourth-order valence-corrected chi connectivity index (χ4v) is 3.87. The lowest BCUT2D eigenvalue weighted by atomic mass is 10.3. The normalized spacial score (nSPS) is 17.8. The number of benzene rings is 1. The van der Waals surface area contributed by atoms with Gasteiger partial charge in [-0.25, -0.2) is 17.2 Å². The maximum Gasteiger partial charge on any atom is 0.272 e. The molecule has 6 nitrogen and oxygen atoms in total. The summed E-state index contributed by atoms with van der Waals surface area (Å²) in [5.41, 5.74) is 5.08. The zero-order chi connectivity index (χ0) is 15.6. The van der Waals surface area contributed by atoms with Gasteiger partial charge in [0.05, 0.1) is 26.2 Å². The SMILES string of the molecule is NC(=O)C[NH+]1CCN(S(=O)(=O)c2c(F)cccc2F)CC1. The van der Waals surface area contributed by atoms with Crippen molar-refractivity contribution in [2.45, 2.75) is 4.90 Å². The number of rotatable bonds is 4. The fraction of sp³-hybridized carbons (Fsp3) is 0.417. The van der Waals surface area contributed by atoms with E-state index in [1.165, 1.54) is 0 Å². The minimum atomic E-state index is -4.22. The third-order valence-electron chi connectivity index (χ3n) is 3.37. The second-order valence-corrected chi connectivity index (χ2v) is 6.72. The Balaban J connectivity index is 2.17. The second kappa shape index (κ2) is 6.04.